The lowest BCUT2D eigenvalue weighted by molar-refractivity contribution is -0.137. The molecule has 11 heteroatoms. The number of alkyl halides is 3. The third-order valence-corrected chi connectivity index (χ3v) is 6.19. The molecule has 2 aromatic heterocycles. The highest BCUT2D eigenvalue weighted by Crippen LogP contribution is 2.33. The third-order valence-electron chi connectivity index (χ3n) is 6.19. The smallest absolute Gasteiger partial charge is 0.353 e. The molecule has 0 radical (unpaired) electrons. The number of rotatable bonds is 5. The molecule has 5 rings (SSSR count). The standard InChI is InChI=1S/C25H23F3N6O2/c1-15-21(16(2)34(31-15)19-9-4-3-5-10-19)22-24(35)29-11-12-33(22)14-20-30-23(32-36-20)17-7-6-8-18(13-17)25(26,27)28/h3-10,13,22H,11-12,14H2,1-2H3,(H,29,35). The molecule has 3 heterocycles. The van der Waals surface area contributed by atoms with Gasteiger partial charge in [0.15, 0.2) is 0 Å². The Morgan fingerprint density at radius 3 is 2.64 bits per heavy atom. The predicted octanol–water partition coefficient (Wildman–Crippen LogP) is 4.23. The Morgan fingerprint density at radius 1 is 1.11 bits per heavy atom. The number of amides is 1. The van der Waals surface area contributed by atoms with Gasteiger partial charge in [-0.1, -0.05) is 35.5 Å². The van der Waals surface area contributed by atoms with Crippen molar-refractivity contribution in [1.82, 2.24) is 30.1 Å². The van der Waals surface area contributed by atoms with Crippen LogP contribution in [0.4, 0.5) is 13.2 Å². The fourth-order valence-electron chi connectivity index (χ4n) is 4.51. The lowest BCUT2D eigenvalue weighted by Gasteiger charge is -2.34. The minimum Gasteiger partial charge on any atom is -0.353 e. The number of piperazine rings is 1. The van der Waals surface area contributed by atoms with Gasteiger partial charge >= 0.3 is 6.18 Å². The zero-order valence-corrected chi connectivity index (χ0v) is 19.6. The van der Waals surface area contributed by atoms with E-state index in [1.165, 1.54) is 12.1 Å². The van der Waals surface area contributed by atoms with Crippen molar-refractivity contribution in [2.24, 2.45) is 0 Å². The summed E-state index contributed by atoms with van der Waals surface area (Å²) in [6.07, 6.45) is -4.48. The fourth-order valence-corrected chi connectivity index (χ4v) is 4.51. The molecule has 1 saturated heterocycles. The van der Waals surface area contributed by atoms with Crippen LogP contribution in [0.1, 0.15) is 34.4 Å². The Morgan fingerprint density at radius 2 is 1.89 bits per heavy atom. The summed E-state index contributed by atoms with van der Waals surface area (Å²) < 4.78 is 46.5. The lowest BCUT2D eigenvalue weighted by Crippen LogP contribution is -2.49. The highest BCUT2D eigenvalue weighted by Gasteiger charge is 2.36. The average molecular weight is 496 g/mol. The first kappa shape index (κ1) is 23.7. The predicted molar refractivity (Wildman–Crippen MR) is 124 cm³/mol. The molecule has 8 nitrogen and oxygen atoms in total. The first-order valence-electron chi connectivity index (χ1n) is 11.4. The Hall–Kier alpha value is -3.99. The molecule has 1 amide bonds. The molecule has 0 aliphatic carbocycles. The summed E-state index contributed by atoms with van der Waals surface area (Å²) >= 11 is 0. The first-order valence-corrected chi connectivity index (χ1v) is 11.4. The Balaban J connectivity index is 1.44. The minimum absolute atomic E-state index is 0.0540. The van der Waals surface area contributed by atoms with Crippen molar-refractivity contribution < 1.29 is 22.5 Å². The summed E-state index contributed by atoms with van der Waals surface area (Å²) in [5, 5.41) is 11.5. The van der Waals surface area contributed by atoms with Crippen LogP contribution in [0.2, 0.25) is 0 Å². The van der Waals surface area contributed by atoms with Crippen LogP contribution in [-0.4, -0.2) is 43.8 Å². The van der Waals surface area contributed by atoms with Crippen LogP contribution in [0.25, 0.3) is 17.1 Å². The van der Waals surface area contributed by atoms with Gasteiger partial charge in [-0.3, -0.25) is 9.69 Å². The van der Waals surface area contributed by atoms with Crippen LogP contribution < -0.4 is 5.32 Å². The van der Waals surface area contributed by atoms with Crippen LogP contribution in [-0.2, 0) is 17.5 Å². The SMILES string of the molecule is Cc1nn(-c2ccccc2)c(C)c1C1C(=O)NCCN1Cc1nc(-c2cccc(C(F)(F)F)c2)no1. The number of halogens is 3. The van der Waals surface area contributed by atoms with E-state index in [-0.39, 0.29) is 29.7 Å². The highest BCUT2D eigenvalue weighted by molar-refractivity contribution is 5.84. The van der Waals surface area contributed by atoms with Gasteiger partial charge in [0.1, 0.15) is 6.04 Å². The van der Waals surface area contributed by atoms with Crippen LogP contribution in [0.5, 0.6) is 0 Å². The molecule has 36 heavy (non-hydrogen) atoms. The topological polar surface area (TPSA) is 89.1 Å². The van der Waals surface area contributed by atoms with Crippen LogP contribution in [0, 0.1) is 13.8 Å². The summed E-state index contributed by atoms with van der Waals surface area (Å²) in [7, 11) is 0. The Bertz CT molecular complexity index is 1400. The van der Waals surface area contributed by atoms with Crippen molar-refractivity contribution in [2.45, 2.75) is 32.6 Å². The molecule has 1 atom stereocenters. The number of benzene rings is 2. The van der Waals surface area contributed by atoms with Crippen LogP contribution in [0.3, 0.4) is 0 Å². The molecule has 4 aromatic rings. The molecular weight excluding hydrogens is 473 g/mol. The molecule has 186 valence electrons. The Labute approximate surface area is 204 Å². The van der Waals surface area contributed by atoms with E-state index in [1.54, 1.807) is 0 Å². The molecule has 1 aliphatic heterocycles. The molecule has 1 fully saturated rings. The number of hydrogen-bond acceptors (Lipinski definition) is 6. The summed E-state index contributed by atoms with van der Waals surface area (Å²) in [6.45, 7) is 4.89. The number of carbonyl (C=O) groups excluding carboxylic acids is 1. The number of hydrogen-bond donors (Lipinski definition) is 1. The van der Waals surface area contributed by atoms with E-state index in [4.69, 9.17) is 4.52 Å². The number of aryl methyl sites for hydroxylation is 1. The highest BCUT2D eigenvalue weighted by atomic mass is 19.4. The van der Waals surface area contributed by atoms with E-state index >= 15 is 0 Å². The second-order valence-corrected chi connectivity index (χ2v) is 8.59. The molecule has 1 unspecified atom stereocenters. The summed E-state index contributed by atoms with van der Waals surface area (Å²) in [4.78, 5) is 19.3. The Kier molecular flexibility index (Phi) is 6.09. The first-order chi connectivity index (χ1) is 17.2. The van der Waals surface area contributed by atoms with Crippen molar-refractivity contribution in [1.29, 1.82) is 0 Å². The van der Waals surface area contributed by atoms with E-state index < -0.39 is 17.8 Å². The number of nitrogens with zero attached hydrogens (tertiary/aromatic N) is 5. The number of nitrogens with one attached hydrogen (secondary N) is 1. The second-order valence-electron chi connectivity index (χ2n) is 8.59. The van der Waals surface area contributed by atoms with Gasteiger partial charge in [-0.05, 0) is 38.1 Å². The maximum atomic E-state index is 13.1. The molecule has 0 saturated carbocycles. The summed E-state index contributed by atoms with van der Waals surface area (Å²) in [5.41, 5.74) is 2.63. The van der Waals surface area contributed by atoms with Gasteiger partial charge in [0.25, 0.3) is 0 Å². The molecule has 0 bridgehead atoms. The van der Waals surface area contributed by atoms with E-state index in [1.807, 2.05) is 53.8 Å². The fraction of sp³-hybridized carbons (Fsp3) is 0.280. The van der Waals surface area contributed by atoms with Gasteiger partial charge in [0.05, 0.1) is 23.5 Å². The van der Waals surface area contributed by atoms with Gasteiger partial charge in [-0.25, -0.2) is 4.68 Å². The van der Waals surface area contributed by atoms with Gasteiger partial charge in [0.2, 0.25) is 17.6 Å². The summed E-state index contributed by atoms with van der Waals surface area (Å²) in [5.74, 6) is 0.0870. The van der Waals surface area contributed by atoms with E-state index in [0.29, 0.717) is 13.1 Å². The summed E-state index contributed by atoms with van der Waals surface area (Å²) in [6, 6.07) is 13.8. The van der Waals surface area contributed by atoms with Crippen molar-refractivity contribution in [3.63, 3.8) is 0 Å². The van der Waals surface area contributed by atoms with Gasteiger partial charge in [-0.15, -0.1) is 0 Å². The number of aromatic nitrogens is 4. The zero-order valence-electron chi connectivity index (χ0n) is 19.6. The van der Waals surface area contributed by atoms with Crippen molar-refractivity contribution in [3.8, 4) is 17.1 Å². The maximum absolute atomic E-state index is 13.1. The van der Waals surface area contributed by atoms with Crippen molar-refractivity contribution in [2.75, 3.05) is 13.1 Å². The third kappa shape index (κ3) is 4.49. The average Bonchev–Trinajstić information content (AvgIpc) is 3.44. The molecule has 2 aromatic carbocycles. The van der Waals surface area contributed by atoms with Gasteiger partial charge in [-0.2, -0.15) is 23.3 Å². The van der Waals surface area contributed by atoms with Crippen LogP contribution in [0.15, 0.2) is 59.1 Å². The molecule has 1 N–H and O–H groups in total. The molecule has 1 aliphatic rings. The van der Waals surface area contributed by atoms with Gasteiger partial charge in [0, 0.05) is 29.9 Å². The second kappa shape index (κ2) is 9.23. The van der Waals surface area contributed by atoms with E-state index in [2.05, 4.69) is 20.6 Å². The molecular formula is C25H23F3N6O2. The van der Waals surface area contributed by atoms with Crippen LogP contribution >= 0.6 is 0 Å². The molecule has 0 spiro atoms. The monoisotopic (exact) mass is 496 g/mol. The number of para-hydroxylation sites is 1. The lowest BCUT2D eigenvalue weighted by atomic mass is 10.00. The van der Waals surface area contributed by atoms with E-state index in [0.717, 1.165) is 34.8 Å². The maximum Gasteiger partial charge on any atom is 0.416 e. The quantitative estimate of drug-likeness (QED) is 0.445. The van der Waals surface area contributed by atoms with E-state index in [9.17, 15) is 18.0 Å². The van der Waals surface area contributed by atoms with Crippen molar-refractivity contribution in [3.05, 3.63) is 83.0 Å². The zero-order chi connectivity index (χ0) is 25.4. The van der Waals surface area contributed by atoms with Crippen molar-refractivity contribution >= 4 is 5.91 Å². The normalized spacial score (nSPS) is 16.8. The minimum atomic E-state index is -4.48. The largest absolute Gasteiger partial charge is 0.416 e. The van der Waals surface area contributed by atoms with Gasteiger partial charge < -0.3 is 9.84 Å². The number of carbonyl (C=O) groups is 1.